The molecule has 0 radical (unpaired) electrons. The van der Waals surface area contributed by atoms with Crippen LogP contribution >= 0.6 is 0 Å². The van der Waals surface area contributed by atoms with Crippen molar-refractivity contribution in [2.45, 2.75) is 19.4 Å². The van der Waals surface area contributed by atoms with E-state index in [9.17, 15) is 13.2 Å². The summed E-state index contributed by atoms with van der Waals surface area (Å²) in [5.41, 5.74) is 2.79. The Morgan fingerprint density at radius 2 is 1.96 bits per heavy atom. The zero-order chi connectivity index (χ0) is 19.6. The average molecular weight is 387 g/mol. The lowest BCUT2D eigenvalue weighted by Gasteiger charge is -2.22. The van der Waals surface area contributed by atoms with Crippen molar-refractivity contribution in [3.8, 4) is 5.75 Å². The predicted octanol–water partition coefficient (Wildman–Crippen LogP) is 2.76. The summed E-state index contributed by atoms with van der Waals surface area (Å²) in [5.74, 6) is 0.518. The first kappa shape index (κ1) is 18.9. The molecule has 8 heteroatoms. The molecule has 0 saturated heterocycles. The topological polar surface area (TPSA) is 88.1 Å². The molecule has 0 spiro atoms. The van der Waals surface area contributed by atoms with Gasteiger partial charge in [0.05, 0.1) is 25.1 Å². The lowest BCUT2D eigenvalue weighted by atomic mass is 9.97. The van der Waals surface area contributed by atoms with Crippen LogP contribution in [-0.2, 0) is 14.8 Å². The van der Waals surface area contributed by atoms with Gasteiger partial charge in [0.2, 0.25) is 15.9 Å². The van der Waals surface area contributed by atoms with Crippen LogP contribution in [0.1, 0.15) is 30.5 Å². The molecule has 3 rings (SSSR count). The summed E-state index contributed by atoms with van der Waals surface area (Å²) in [6, 6.07) is 14.2. The molecule has 27 heavy (non-hydrogen) atoms. The van der Waals surface area contributed by atoms with Crippen LogP contribution in [0.2, 0.25) is 0 Å². The number of hydrogen-bond acceptors (Lipinski definition) is 5. The van der Waals surface area contributed by atoms with E-state index >= 15 is 0 Å². The number of hydrazone groups is 1. The Hall–Kier alpha value is -2.87. The molecule has 0 bridgehead atoms. The average Bonchev–Trinajstić information content (AvgIpc) is 3.06. The number of amides is 1. The van der Waals surface area contributed by atoms with E-state index < -0.39 is 10.0 Å². The zero-order valence-electron chi connectivity index (χ0n) is 15.3. The molecule has 1 amide bonds. The maximum Gasteiger partial charge on any atom is 0.240 e. The van der Waals surface area contributed by atoms with Crippen molar-refractivity contribution >= 4 is 27.3 Å². The molecule has 0 aromatic heterocycles. The van der Waals surface area contributed by atoms with Gasteiger partial charge in [0.15, 0.2) is 0 Å². The normalized spacial score (nSPS) is 16.8. The van der Waals surface area contributed by atoms with Crippen LogP contribution in [0.5, 0.6) is 5.75 Å². The number of carbonyl (C=O) groups excluding carboxylic acids is 1. The predicted molar refractivity (Wildman–Crippen MR) is 104 cm³/mol. The summed E-state index contributed by atoms with van der Waals surface area (Å²) >= 11 is 0. The quantitative estimate of drug-likeness (QED) is 0.854. The first-order chi connectivity index (χ1) is 12.8. The molecule has 2 aromatic carbocycles. The summed E-state index contributed by atoms with van der Waals surface area (Å²) < 4.78 is 30.8. The largest absolute Gasteiger partial charge is 0.496 e. The Morgan fingerprint density at radius 3 is 2.63 bits per heavy atom. The fraction of sp³-hybridized carbons (Fsp3) is 0.263. The third-order valence-corrected chi connectivity index (χ3v) is 4.84. The van der Waals surface area contributed by atoms with Gasteiger partial charge in [-0.05, 0) is 23.8 Å². The summed E-state index contributed by atoms with van der Waals surface area (Å²) in [6.45, 7) is 1.47. The van der Waals surface area contributed by atoms with E-state index in [0.29, 0.717) is 23.6 Å². The second-order valence-corrected chi connectivity index (χ2v) is 8.08. The van der Waals surface area contributed by atoms with Crippen LogP contribution < -0.4 is 9.46 Å². The SMILES string of the molecule is COc1ccccc1C1CC(c2cccc(NS(C)(=O)=O)c2)=NN1C(C)=O. The van der Waals surface area contributed by atoms with E-state index in [1.165, 1.54) is 11.9 Å². The van der Waals surface area contributed by atoms with Crippen LogP contribution in [0.25, 0.3) is 0 Å². The molecule has 142 valence electrons. The monoisotopic (exact) mass is 387 g/mol. The molecule has 0 fully saturated rings. The smallest absolute Gasteiger partial charge is 0.240 e. The summed E-state index contributed by atoms with van der Waals surface area (Å²) in [5, 5.41) is 5.94. The number of rotatable bonds is 5. The number of para-hydroxylation sites is 1. The van der Waals surface area contributed by atoms with Crippen molar-refractivity contribution < 1.29 is 17.9 Å². The molecule has 1 aliphatic rings. The Morgan fingerprint density at radius 1 is 1.22 bits per heavy atom. The minimum atomic E-state index is -3.38. The van der Waals surface area contributed by atoms with Crippen LogP contribution in [0, 0.1) is 0 Å². The number of benzene rings is 2. The molecule has 0 aliphatic carbocycles. The van der Waals surface area contributed by atoms with E-state index in [4.69, 9.17) is 4.74 Å². The molecule has 1 atom stereocenters. The van der Waals surface area contributed by atoms with Crippen molar-refractivity contribution in [2.24, 2.45) is 5.10 Å². The molecular weight excluding hydrogens is 366 g/mol. The van der Waals surface area contributed by atoms with Crippen molar-refractivity contribution in [1.29, 1.82) is 0 Å². The lowest BCUT2D eigenvalue weighted by molar-refractivity contribution is -0.130. The third-order valence-electron chi connectivity index (χ3n) is 4.23. The number of anilines is 1. The molecule has 0 saturated carbocycles. The molecule has 1 unspecified atom stereocenters. The zero-order valence-corrected chi connectivity index (χ0v) is 16.2. The number of hydrogen-bond donors (Lipinski definition) is 1. The maximum atomic E-state index is 12.1. The second-order valence-electron chi connectivity index (χ2n) is 6.33. The first-order valence-corrected chi connectivity index (χ1v) is 10.3. The first-order valence-electron chi connectivity index (χ1n) is 8.37. The number of methoxy groups -OCH3 is 1. The highest BCUT2D eigenvalue weighted by atomic mass is 32.2. The lowest BCUT2D eigenvalue weighted by Crippen LogP contribution is -2.24. The second kappa shape index (κ2) is 7.40. The summed E-state index contributed by atoms with van der Waals surface area (Å²) in [4.78, 5) is 12.1. The number of carbonyl (C=O) groups is 1. The van der Waals surface area contributed by atoms with Gasteiger partial charge in [0.1, 0.15) is 5.75 Å². The molecular formula is C19H21N3O4S. The van der Waals surface area contributed by atoms with Crippen LogP contribution in [-0.4, -0.2) is 38.4 Å². The van der Waals surface area contributed by atoms with E-state index in [1.807, 2.05) is 30.3 Å². The minimum absolute atomic E-state index is 0.175. The van der Waals surface area contributed by atoms with Crippen molar-refractivity contribution in [3.05, 3.63) is 59.7 Å². The van der Waals surface area contributed by atoms with Gasteiger partial charge in [-0.2, -0.15) is 5.10 Å². The maximum absolute atomic E-state index is 12.1. The van der Waals surface area contributed by atoms with Crippen LogP contribution in [0.3, 0.4) is 0 Å². The number of nitrogens with one attached hydrogen (secondary N) is 1. The van der Waals surface area contributed by atoms with Crippen molar-refractivity contribution in [3.63, 3.8) is 0 Å². The third kappa shape index (κ3) is 4.28. The van der Waals surface area contributed by atoms with Gasteiger partial charge in [0.25, 0.3) is 0 Å². The van der Waals surface area contributed by atoms with E-state index in [2.05, 4.69) is 9.82 Å². The molecule has 1 N–H and O–H groups in total. The Balaban J connectivity index is 1.95. The highest BCUT2D eigenvalue weighted by molar-refractivity contribution is 7.92. The molecule has 1 aliphatic heterocycles. The highest BCUT2D eigenvalue weighted by Crippen LogP contribution is 2.37. The van der Waals surface area contributed by atoms with Gasteiger partial charge in [-0.1, -0.05) is 30.3 Å². The van der Waals surface area contributed by atoms with Gasteiger partial charge in [-0.3, -0.25) is 9.52 Å². The molecule has 2 aromatic rings. The highest BCUT2D eigenvalue weighted by Gasteiger charge is 2.33. The molecule has 7 nitrogen and oxygen atoms in total. The van der Waals surface area contributed by atoms with Crippen molar-refractivity contribution in [1.82, 2.24) is 5.01 Å². The number of sulfonamides is 1. The standard InChI is InChI=1S/C19H21N3O4S/c1-13(23)22-18(16-9-4-5-10-19(16)26-2)12-17(20-22)14-7-6-8-15(11-14)21-27(3,24)25/h4-11,18,21H,12H2,1-3H3. The summed E-state index contributed by atoms with van der Waals surface area (Å²) in [7, 11) is -1.78. The van der Waals surface area contributed by atoms with E-state index in [0.717, 1.165) is 17.4 Å². The van der Waals surface area contributed by atoms with Gasteiger partial charge < -0.3 is 4.74 Å². The Bertz CT molecular complexity index is 1000. The van der Waals surface area contributed by atoms with Crippen molar-refractivity contribution in [2.75, 3.05) is 18.1 Å². The van der Waals surface area contributed by atoms with E-state index in [-0.39, 0.29) is 11.9 Å². The van der Waals surface area contributed by atoms with Gasteiger partial charge in [0, 0.05) is 24.6 Å². The number of nitrogens with zero attached hydrogens (tertiary/aromatic N) is 2. The van der Waals surface area contributed by atoms with Crippen LogP contribution in [0.4, 0.5) is 5.69 Å². The van der Waals surface area contributed by atoms with Gasteiger partial charge in [-0.25, -0.2) is 13.4 Å². The van der Waals surface area contributed by atoms with E-state index in [1.54, 1.807) is 25.3 Å². The number of ether oxygens (including phenoxy) is 1. The van der Waals surface area contributed by atoms with Gasteiger partial charge in [-0.15, -0.1) is 0 Å². The van der Waals surface area contributed by atoms with Crippen LogP contribution in [0.15, 0.2) is 53.6 Å². The van der Waals surface area contributed by atoms with Gasteiger partial charge >= 0.3 is 0 Å². The fourth-order valence-electron chi connectivity index (χ4n) is 3.14. The molecule has 1 heterocycles. The minimum Gasteiger partial charge on any atom is -0.496 e. The Kier molecular flexibility index (Phi) is 5.18. The fourth-order valence-corrected chi connectivity index (χ4v) is 3.69. The Labute approximate surface area is 158 Å². The summed E-state index contributed by atoms with van der Waals surface area (Å²) in [6.07, 6.45) is 1.60.